The Balaban J connectivity index is 1.52. The lowest BCUT2D eigenvalue weighted by molar-refractivity contribution is 0.0922. The molecule has 2 heterocycles. The summed E-state index contributed by atoms with van der Waals surface area (Å²) in [5.41, 5.74) is 1.58. The second kappa shape index (κ2) is 7.56. The third-order valence-electron chi connectivity index (χ3n) is 4.88. The molecule has 1 fully saturated rings. The Labute approximate surface area is 163 Å². The molecular formula is C20H21NO4S2. The highest BCUT2D eigenvalue weighted by molar-refractivity contribution is 8.02. The maximum Gasteiger partial charge on any atom is 0.252 e. The summed E-state index contributed by atoms with van der Waals surface area (Å²) in [5.74, 6) is 1.09. The van der Waals surface area contributed by atoms with E-state index < -0.39 is 9.84 Å². The van der Waals surface area contributed by atoms with Gasteiger partial charge in [0, 0.05) is 22.1 Å². The molecule has 0 aliphatic carbocycles. The number of benzene rings is 2. The van der Waals surface area contributed by atoms with Crippen molar-refractivity contribution in [3.63, 3.8) is 0 Å². The van der Waals surface area contributed by atoms with Crippen LogP contribution in [0.5, 0.6) is 5.75 Å². The summed E-state index contributed by atoms with van der Waals surface area (Å²) in [5, 5.41) is 3.13. The van der Waals surface area contributed by atoms with Crippen molar-refractivity contribution in [1.29, 1.82) is 0 Å². The van der Waals surface area contributed by atoms with E-state index in [4.69, 9.17) is 4.74 Å². The van der Waals surface area contributed by atoms with Crippen molar-refractivity contribution in [3.05, 3.63) is 59.7 Å². The van der Waals surface area contributed by atoms with Gasteiger partial charge >= 0.3 is 0 Å². The minimum absolute atomic E-state index is 0.00718. The number of hydrogen-bond acceptors (Lipinski definition) is 5. The number of hydrogen-bond donors (Lipinski definition) is 1. The molecule has 2 aliphatic heterocycles. The zero-order chi connectivity index (χ0) is 18.9. The Morgan fingerprint density at radius 1 is 1.07 bits per heavy atom. The second-order valence-corrected chi connectivity index (χ2v) is 10.4. The zero-order valence-corrected chi connectivity index (χ0v) is 16.4. The number of nitrogens with one attached hydrogen (secondary N) is 1. The number of sulfone groups is 1. The van der Waals surface area contributed by atoms with Crippen LogP contribution < -0.4 is 10.1 Å². The van der Waals surface area contributed by atoms with Gasteiger partial charge in [-0.1, -0.05) is 30.3 Å². The summed E-state index contributed by atoms with van der Waals surface area (Å²) in [6.45, 7) is 0.568. The largest absolute Gasteiger partial charge is 0.493 e. The van der Waals surface area contributed by atoms with Crippen molar-refractivity contribution >= 4 is 27.5 Å². The first-order valence-electron chi connectivity index (χ1n) is 9.00. The molecular weight excluding hydrogens is 382 g/mol. The molecule has 1 amide bonds. The lowest BCUT2D eigenvalue weighted by Crippen LogP contribution is -2.32. The van der Waals surface area contributed by atoms with Crippen molar-refractivity contribution in [2.75, 3.05) is 18.1 Å². The summed E-state index contributed by atoms with van der Waals surface area (Å²) in [7, 11) is -2.94. The lowest BCUT2D eigenvalue weighted by atomic mass is 10.00. The van der Waals surface area contributed by atoms with Gasteiger partial charge in [-0.05, 0) is 24.6 Å². The first kappa shape index (κ1) is 18.4. The summed E-state index contributed by atoms with van der Waals surface area (Å²) >= 11 is 1.49. The van der Waals surface area contributed by atoms with Gasteiger partial charge in [0.15, 0.2) is 9.84 Å². The molecule has 0 saturated carbocycles. The van der Waals surface area contributed by atoms with Crippen molar-refractivity contribution in [2.45, 2.75) is 29.0 Å². The van der Waals surface area contributed by atoms with Gasteiger partial charge in [0.25, 0.3) is 5.91 Å². The molecule has 0 spiro atoms. The summed E-state index contributed by atoms with van der Waals surface area (Å²) in [6, 6.07) is 15.1. The van der Waals surface area contributed by atoms with Crippen LogP contribution >= 0.6 is 11.8 Å². The molecule has 142 valence electrons. The van der Waals surface area contributed by atoms with Crippen LogP contribution in [-0.4, -0.2) is 37.7 Å². The van der Waals surface area contributed by atoms with Crippen LogP contribution in [0.15, 0.2) is 53.4 Å². The second-order valence-electron chi connectivity index (χ2n) is 6.84. The van der Waals surface area contributed by atoms with Gasteiger partial charge in [0.2, 0.25) is 0 Å². The molecule has 7 heteroatoms. The van der Waals surface area contributed by atoms with E-state index in [1.807, 2.05) is 42.5 Å². The monoisotopic (exact) mass is 403 g/mol. The maximum atomic E-state index is 13.0. The Hall–Kier alpha value is -1.99. The Morgan fingerprint density at radius 2 is 1.85 bits per heavy atom. The van der Waals surface area contributed by atoms with Crippen molar-refractivity contribution in [1.82, 2.24) is 5.32 Å². The van der Waals surface area contributed by atoms with Crippen LogP contribution in [0.4, 0.5) is 0 Å². The van der Waals surface area contributed by atoms with Crippen LogP contribution in [-0.2, 0) is 9.84 Å². The van der Waals surface area contributed by atoms with E-state index in [9.17, 15) is 13.2 Å². The van der Waals surface area contributed by atoms with Gasteiger partial charge in [-0.2, -0.15) is 0 Å². The van der Waals surface area contributed by atoms with E-state index in [1.54, 1.807) is 6.07 Å². The molecule has 1 N–H and O–H groups in total. The fraction of sp³-hybridized carbons (Fsp3) is 0.350. The molecule has 1 saturated heterocycles. The molecule has 5 nitrogen and oxygen atoms in total. The normalized spacial score (nSPS) is 23.3. The highest BCUT2D eigenvalue weighted by Crippen LogP contribution is 2.35. The van der Waals surface area contributed by atoms with Crippen molar-refractivity contribution < 1.29 is 17.9 Å². The van der Waals surface area contributed by atoms with Gasteiger partial charge in [-0.15, -0.1) is 11.8 Å². The summed E-state index contributed by atoms with van der Waals surface area (Å²) < 4.78 is 29.1. The number of carbonyl (C=O) groups excluding carboxylic acids is 1. The SMILES string of the molecule is O=C(N[C@@H]1CCOc2ccccc21)c1ccccc1S[C@H]1CCS(=O)(=O)C1. The average molecular weight is 404 g/mol. The molecule has 0 bridgehead atoms. The summed E-state index contributed by atoms with van der Waals surface area (Å²) in [4.78, 5) is 13.8. The zero-order valence-electron chi connectivity index (χ0n) is 14.8. The molecule has 0 unspecified atom stereocenters. The minimum atomic E-state index is -2.94. The smallest absolute Gasteiger partial charge is 0.252 e. The van der Waals surface area contributed by atoms with E-state index in [2.05, 4.69) is 5.32 Å². The Bertz CT molecular complexity index is 958. The molecule has 2 aliphatic rings. The van der Waals surface area contributed by atoms with Gasteiger partial charge in [-0.25, -0.2) is 8.42 Å². The highest BCUT2D eigenvalue weighted by Gasteiger charge is 2.30. The van der Waals surface area contributed by atoms with Crippen molar-refractivity contribution in [2.24, 2.45) is 0 Å². The van der Waals surface area contributed by atoms with E-state index in [0.717, 1.165) is 22.6 Å². The number of ether oxygens (including phenoxy) is 1. The number of fused-ring (bicyclic) bond motifs is 1. The number of amides is 1. The minimum Gasteiger partial charge on any atom is -0.493 e. The van der Waals surface area contributed by atoms with E-state index in [-0.39, 0.29) is 28.7 Å². The predicted molar refractivity (Wildman–Crippen MR) is 106 cm³/mol. The topological polar surface area (TPSA) is 72.5 Å². The third kappa shape index (κ3) is 4.14. The van der Waals surface area contributed by atoms with Crippen molar-refractivity contribution in [3.8, 4) is 5.75 Å². The molecule has 2 aromatic carbocycles. The maximum absolute atomic E-state index is 13.0. The van der Waals surface area contributed by atoms with Gasteiger partial charge in [0.05, 0.1) is 29.7 Å². The Morgan fingerprint density at radius 3 is 2.67 bits per heavy atom. The molecule has 2 aromatic rings. The molecule has 0 radical (unpaired) electrons. The fourth-order valence-electron chi connectivity index (χ4n) is 3.52. The number of para-hydroxylation sites is 1. The molecule has 2 atom stereocenters. The number of thioether (sulfide) groups is 1. The van der Waals surface area contributed by atoms with Gasteiger partial charge < -0.3 is 10.1 Å². The van der Waals surface area contributed by atoms with Gasteiger partial charge in [-0.3, -0.25) is 4.79 Å². The van der Waals surface area contributed by atoms with E-state index >= 15 is 0 Å². The van der Waals surface area contributed by atoms with Crippen LogP contribution in [0.2, 0.25) is 0 Å². The third-order valence-corrected chi connectivity index (χ3v) is 8.20. The van der Waals surface area contributed by atoms with Crippen LogP contribution in [0.3, 0.4) is 0 Å². The molecule has 0 aromatic heterocycles. The average Bonchev–Trinajstić information content (AvgIpc) is 3.01. The van der Waals surface area contributed by atoms with E-state index in [1.165, 1.54) is 11.8 Å². The first-order valence-corrected chi connectivity index (χ1v) is 11.7. The van der Waals surface area contributed by atoms with Gasteiger partial charge in [0.1, 0.15) is 5.75 Å². The van der Waals surface area contributed by atoms with Crippen LogP contribution in [0, 0.1) is 0 Å². The fourth-order valence-corrected chi connectivity index (χ4v) is 7.14. The molecule has 4 rings (SSSR count). The van der Waals surface area contributed by atoms with E-state index in [0.29, 0.717) is 18.6 Å². The van der Waals surface area contributed by atoms with Crippen LogP contribution in [0.1, 0.15) is 34.8 Å². The lowest BCUT2D eigenvalue weighted by Gasteiger charge is -2.27. The number of carbonyl (C=O) groups is 1. The predicted octanol–water partition coefficient (Wildman–Crippen LogP) is 3.22. The van der Waals surface area contributed by atoms with Crippen LogP contribution in [0.25, 0.3) is 0 Å². The Kier molecular flexibility index (Phi) is 5.14. The standard InChI is InChI=1S/C20H21NO4S2/c22-20(21-17-9-11-25-18-7-3-1-5-15(17)18)16-6-2-4-8-19(16)26-14-10-12-27(23,24)13-14/h1-8,14,17H,9-13H2,(H,21,22)/t14-,17+/m0/s1. The molecule has 27 heavy (non-hydrogen) atoms. The quantitative estimate of drug-likeness (QED) is 0.849. The number of rotatable bonds is 4. The first-order chi connectivity index (χ1) is 13.0. The highest BCUT2D eigenvalue weighted by atomic mass is 32.2. The summed E-state index contributed by atoms with van der Waals surface area (Å²) in [6.07, 6.45) is 1.36.